The first-order valence-electron chi connectivity index (χ1n) is 9.60. The molecule has 1 saturated heterocycles. The number of benzene rings is 1. The fourth-order valence-corrected chi connectivity index (χ4v) is 4.33. The average molecular weight is 350 g/mol. The first-order valence-corrected chi connectivity index (χ1v) is 9.60. The summed E-state index contributed by atoms with van der Waals surface area (Å²) in [7, 11) is 0. The number of carbonyl (C=O) groups is 1. The molecule has 0 spiro atoms. The lowest BCUT2D eigenvalue weighted by molar-refractivity contribution is -0.130. The van der Waals surface area contributed by atoms with E-state index in [4.69, 9.17) is 4.74 Å². The second kappa shape index (κ2) is 8.00. The molecule has 0 bridgehead atoms. The largest absolute Gasteiger partial charge is 0.374 e. The maximum Gasteiger partial charge on any atom is 0.222 e. The molecule has 1 saturated carbocycles. The zero-order chi connectivity index (χ0) is 17.8. The molecule has 2 aliphatic rings. The van der Waals surface area contributed by atoms with Gasteiger partial charge in [0.05, 0.1) is 12.7 Å². The second-order valence-corrected chi connectivity index (χ2v) is 7.57. The monoisotopic (exact) mass is 350 g/mol. The molecular formula is C22H26N2O2. The van der Waals surface area contributed by atoms with E-state index >= 15 is 0 Å². The van der Waals surface area contributed by atoms with E-state index in [1.807, 2.05) is 24.4 Å². The van der Waals surface area contributed by atoms with Crippen LogP contribution in [0, 0.1) is 11.8 Å². The van der Waals surface area contributed by atoms with Crippen molar-refractivity contribution in [2.24, 2.45) is 11.8 Å². The van der Waals surface area contributed by atoms with Crippen LogP contribution in [0.3, 0.4) is 0 Å². The summed E-state index contributed by atoms with van der Waals surface area (Å²) < 4.78 is 6.12. The smallest absolute Gasteiger partial charge is 0.222 e. The van der Waals surface area contributed by atoms with Crippen LogP contribution in [0.25, 0.3) is 0 Å². The Morgan fingerprint density at radius 2 is 1.77 bits per heavy atom. The van der Waals surface area contributed by atoms with E-state index in [0.717, 1.165) is 37.9 Å². The van der Waals surface area contributed by atoms with Gasteiger partial charge in [0.15, 0.2) is 0 Å². The van der Waals surface area contributed by atoms with Crippen LogP contribution in [-0.4, -0.2) is 35.0 Å². The van der Waals surface area contributed by atoms with Gasteiger partial charge in [-0.05, 0) is 48.3 Å². The highest BCUT2D eigenvalue weighted by Gasteiger charge is 2.42. The van der Waals surface area contributed by atoms with Crippen molar-refractivity contribution in [2.75, 3.05) is 13.1 Å². The predicted octanol–water partition coefficient (Wildman–Crippen LogP) is 3.47. The molecule has 1 amide bonds. The lowest BCUT2D eigenvalue weighted by Crippen LogP contribution is -2.30. The molecule has 4 heteroatoms. The zero-order valence-electron chi connectivity index (χ0n) is 15.1. The maximum absolute atomic E-state index is 12.5. The third kappa shape index (κ3) is 4.13. The van der Waals surface area contributed by atoms with Crippen molar-refractivity contribution in [1.82, 2.24) is 9.88 Å². The van der Waals surface area contributed by atoms with E-state index in [0.29, 0.717) is 31.0 Å². The lowest BCUT2D eigenvalue weighted by atomic mass is 10.0. The fourth-order valence-electron chi connectivity index (χ4n) is 4.33. The molecule has 2 aromatic rings. The highest BCUT2D eigenvalue weighted by Crippen LogP contribution is 2.39. The van der Waals surface area contributed by atoms with Crippen LogP contribution in [0.15, 0.2) is 54.9 Å². The van der Waals surface area contributed by atoms with Crippen molar-refractivity contribution in [2.45, 2.75) is 38.4 Å². The van der Waals surface area contributed by atoms with Crippen LogP contribution in [0.1, 0.15) is 30.4 Å². The Bertz CT molecular complexity index is 705. The zero-order valence-corrected chi connectivity index (χ0v) is 15.1. The number of aromatic nitrogens is 1. The summed E-state index contributed by atoms with van der Waals surface area (Å²) in [6.07, 6.45) is 7.50. The number of aryl methyl sites for hydroxylation is 1. The van der Waals surface area contributed by atoms with Gasteiger partial charge in [-0.3, -0.25) is 9.78 Å². The number of carbonyl (C=O) groups excluding carboxylic acids is 1. The molecule has 0 radical (unpaired) electrons. The molecule has 0 N–H and O–H groups in total. The summed E-state index contributed by atoms with van der Waals surface area (Å²) in [6, 6.07) is 14.3. The van der Waals surface area contributed by atoms with Gasteiger partial charge >= 0.3 is 0 Å². The quantitative estimate of drug-likeness (QED) is 0.801. The normalized spacial score (nSPS) is 24.6. The molecule has 136 valence electrons. The van der Waals surface area contributed by atoms with Crippen LogP contribution < -0.4 is 0 Å². The van der Waals surface area contributed by atoms with Gasteiger partial charge in [-0.15, -0.1) is 0 Å². The van der Waals surface area contributed by atoms with Gasteiger partial charge in [0.2, 0.25) is 5.91 Å². The van der Waals surface area contributed by atoms with Gasteiger partial charge < -0.3 is 9.64 Å². The molecule has 4 rings (SSSR count). The van der Waals surface area contributed by atoms with Gasteiger partial charge in [-0.2, -0.15) is 0 Å². The van der Waals surface area contributed by atoms with Crippen LogP contribution >= 0.6 is 0 Å². The number of hydrogen-bond donors (Lipinski definition) is 0. The molecule has 1 aromatic heterocycles. The number of fused-ring (bicyclic) bond motifs is 1. The SMILES string of the molecule is O=C(CCc1cccnc1)N1C[C@H]2CC(OCc3ccccc3)C[C@H]2C1. The Morgan fingerprint density at radius 1 is 1.04 bits per heavy atom. The van der Waals surface area contributed by atoms with Gasteiger partial charge in [-0.1, -0.05) is 36.4 Å². The van der Waals surface area contributed by atoms with E-state index in [1.54, 1.807) is 6.20 Å². The minimum Gasteiger partial charge on any atom is -0.374 e. The fraction of sp³-hybridized carbons (Fsp3) is 0.455. The van der Waals surface area contributed by atoms with E-state index in [2.05, 4.69) is 34.1 Å². The molecular weight excluding hydrogens is 324 g/mol. The summed E-state index contributed by atoms with van der Waals surface area (Å²) in [4.78, 5) is 18.7. The van der Waals surface area contributed by atoms with Gasteiger partial charge in [0.25, 0.3) is 0 Å². The molecule has 1 aromatic carbocycles. The summed E-state index contributed by atoms with van der Waals surface area (Å²) >= 11 is 0. The second-order valence-electron chi connectivity index (χ2n) is 7.57. The minimum atomic E-state index is 0.282. The van der Waals surface area contributed by atoms with Crippen molar-refractivity contribution in [1.29, 1.82) is 0 Å². The molecule has 4 nitrogen and oxygen atoms in total. The third-order valence-electron chi connectivity index (χ3n) is 5.74. The molecule has 1 aliphatic heterocycles. The van der Waals surface area contributed by atoms with E-state index < -0.39 is 0 Å². The van der Waals surface area contributed by atoms with Crippen LogP contribution in [0.5, 0.6) is 0 Å². The van der Waals surface area contributed by atoms with Gasteiger partial charge in [0.1, 0.15) is 0 Å². The summed E-state index contributed by atoms with van der Waals surface area (Å²) in [5.74, 6) is 1.50. The van der Waals surface area contributed by atoms with Crippen molar-refractivity contribution >= 4 is 5.91 Å². The molecule has 2 heterocycles. The number of nitrogens with zero attached hydrogens (tertiary/aromatic N) is 2. The molecule has 1 aliphatic carbocycles. The van der Waals surface area contributed by atoms with Crippen LogP contribution in [-0.2, 0) is 22.6 Å². The van der Waals surface area contributed by atoms with Crippen LogP contribution in [0.4, 0.5) is 0 Å². The van der Waals surface area contributed by atoms with E-state index in [1.165, 1.54) is 5.56 Å². The molecule has 3 atom stereocenters. The van der Waals surface area contributed by atoms with Crippen molar-refractivity contribution in [3.05, 3.63) is 66.0 Å². The Balaban J connectivity index is 1.21. The summed E-state index contributed by atoms with van der Waals surface area (Å²) in [5.41, 5.74) is 2.37. The minimum absolute atomic E-state index is 0.282. The number of likely N-dealkylation sites (tertiary alicyclic amines) is 1. The van der Waals surface area contributed by atoms with Crippen molar-refractivity contribution in [3.8, 4) is 0 Å². The first kappa shape index (κ1) is 17.2. The first-order chi connectivity index (χ1) is 12.8. The Labute approximate surface area is 155 Å². The van der Waals surface area contributed by atoms with Crippen LogP contribution in [0.2, 0.25) is 0 Å². The van der Waals surface area contributed by atoms with Gasteiger partial charge in [-0.25, -0.2) is 0 Å². The highest BCUT2D eigenvalue weighted by atomic mass is 16.5. The predicted molar refractivity (Wildman–Crippen MR) is 100 cm³/mol. The molecule has 26 heavy (non-hydrogen) atoms. The number of ether oxygens (including phenoxy) is 1. The third-order valence-corrected chi connectivity index (χ3v) is 5.74. The maximum atomic E-state index is 12.5. The highest BCUT2D eigenvalue weighted by molar-refractivity contribution is 5.76. The average Bonchev–Trinajstić information content (AvgIpc) is 3.25. The number of rotatable bonds is 6. The lowest BCUT2D eigenvalue weighted by Gasteiger charge is -2.19. The molecule has 2 fully saturated rings. The van der Waals surface area contributed by atoms with Crippen molar-refractivity contribution < 1.29 is 9.53 Å². The number of pyridine rings is 1. The Morgan fingerprint density at radius 3 is 2.46 bits per heavy atom. The topological polar surface area (TPSA) is 42.4 Å². The van der Waals surface area contributed by atoms with Gasteiger partial charge in [0, 0.05) is 31.9 Å². The number of amides is 1. The Kier molecular flexibility index (Phi) is 5.30. The van der Waals surface area contributed by atoms with E-state index in [9.17, 15) is 4.79 Å². The molecule has 1 unspecified atom stereocenters. The Hall–Kier alpha value is -2.20. The standard InChI is InChI=1S/C22H26N2O2/c25-22(9-8-17-7-4-10-23-13-17)24-14-19-11-21(12-20(19)15-24)26-16-18-5-2-1-3-6-18/h1-7,10,13,19-21H,8-9,11-12,14-16H2/t19-,20+,21?. The summed E-state index contributed by atoms with van der Waals surface area (Å²) in [6.45, 7) is 2.50. The summed E-state index contributed by atoms with van der Waals surface area (Å²) in [5, 5.41) is 0. The number of hydrogen-bond acceptors (Lipinski definition) is 3. The van der Waals surface area contributed by atoms with E-state index in [-0.39, 0.29) is 5.91 Å². The van der Waals surface area contributed by atoms with Crippen molar-refractivity contribution in [3.63, 3.8) is 0 Å².